The SMILES string of the molecule is [2H]c1c([2H])c([2H])c(-c2ccccc2-c2nc(-c3ccc(-c4ccc5c(c4)C(C)(C)c4ccccc4-5)cc3)nc(-c3cccc4c3sc3ccccc34)n2)c([2H])c1[2H]. The molecule has 10 rings (SSSR count). The van der Waals surface area contributed by atoms with Crippen LogP contribution in [0.1, 0.15) is 31.8 Å². The van der Waals surface area contributed by atoms with Crippen LogP contribution in [-0.2, 0) is 5.41 Å². The van der Waals surface area contributed by atoms with Crippen molar-refractivity contribution in [2.75, 3.05) is 0 Å². The largest absolute Gasteiger partial charge is 0.208 e. The Morgan fingerprint density at radius 2 is 1.06 bits per heavy atom. The van der Waals surface area contributed by atoms with Gasteiger partial charge in [-0.05, 0) is 62.7 Å². The second-order valence-corrected chi connectivity index (χ2v) is 14.7. The molecule has 9 aromatic rings. The quantitative estimate of drug-likeness (QED) is 0.181. The predicted octanol–water partition coefficient (Wildman–Crippen LogP) is 12.9. The molecule has 2 heterocycles. The number of hydrogen-bond donors (Lipinski definition) is 0. The van der Waals surface area contributed by atoms with Gasteiger partial charge in [-0.1, -0.05) is 159 Å². The molecule has 0 bridgehead atoms. The topological polar surface area (TPSA) is 38.7 Å². The Morgan fingerprint density at radius 3 is 1.88 bits per heavy atom. The van der Waals surface area contributed by atoms with E-state index in [1.165, 1.54) is 22.3 Å². The van der Waals surface area contributed by atoms with Gasteiger partial charge in [0.2, 0.25) is 0 Å². The van der Waals surface area contributed by atoms with Crippen molar-refractivity contribution in [2.45, 2.75) is 19.3 Å². The van der Waals surface area contributed by atoms with Crippen LogP contribution in [0.15, 0.2) is 164 Å². The molecule has 0 amide bonds. The average Bonchev–Trinajstić information content (AvgIpc) is 3.74. The third-order valence-corrected chi connectivity index (χ3v) is 11.5. The number of fused-ring (bicyclic) bond motifs is 6. The molecule has 0 fully saturated rings. The molecular weight excluding hydrogens is 651 g/mol. The maximum atomic E-state index is 8.79. The van der Waals surface area contributed by atoms with Crippen molar-refractivity contribution in [3.8, 4) is 67.5 Å². The van der Waals surface area contributed by atoms with Crippen LogP contribution in [0.5, 0.6) is 0 Å². The van der Waals surface area contributed by atoms with Gasteiger partial charge in [-0.3, -0.25) is 0 Å². The van der Waals surface area contributed by atoms with Crippen LogP contribution in [0.3, 0.4) is 0 Å². The van der Waals surface area contributed by atoms with E-state index >= 15 is 0 Å². The highest BCUT2D eigenvalue weighted by Crippen LogP contribution is 2.49. The van der Waals surface area contributed by atoms with E-state index in [1.807, 2.05) is 48.5 Å². The van der Waals surface area contributed by atoms with Gasteiger partial charge in [-0.25, -0.2) is 15.0 Å². The minimum Gasteiger partial charge on any atom is -0.208 e. The standard InChI is InChI=1S/C48H33N3S/c1-48(2)41-21-10-8-16-35(41)36-28-27-33(29-42(36)48)30-23-25-32(26-24-30)45-49-46(39-18-7-6-15-34(39)31-13-4-3-5-14-31)51-47(50-45)40-20-12-19-38-37-17-9-11-22-43(37)52-44(38)40/h3-29H,1-2H3/i3D,4D,5D,13D,14D. The van der Waals surface area contributed by atoms with Crippen molar-refractivity contribution in [1.82, 2.24) is 15.0 Å². The molecule has 246 valence electrons. The molecule has 1 aliphatic rings. The van der Waals surface area contributed by atoms with Gasteiger partial charge < -0.3 is 0 Å². The van der Waals surface area contributed by atoms with Crippen molar-refractivity contribution in [3.05, 3.63) is 175 Å². The van der Waals surface area contributed by atoms with Gasteiger partial charge >= 0.3 is 0 Å². The van der Waals surface area contributed by atoms with Gasteiger partial charge in [0.25, 0.3) is 0 Å². The van der Waals surface area contributed by atoms with Crippen LogP contribution in [0.4, 0.5) is 0 Å². The lowest BCUT2D eigenvalue weighted by Gasteiger charge is -2.22. The number of benzene rings is 7. The molecule has 0 radical (unpaired) electrons. The average molecular weight is 689 g/mol. The minimum atomic E-state index is -0.440. The van der Waals surface area contributed by atoms with Crippen molar-refractivity contribution < 1.29 is 6.85 Å². The highest BCUT2D eigenvalue weighted by atomic mass is 32.1. The first-order valence-electron chi connectivity index (χ1n) is 19.8. The van der Waals surface area contributed by atoms with Crippen molar-refractivity contribution in [1.29, 1.82) is 0 Å². The number of aromatic nitrogens is 3. The summed E-state index contributed by atoms with van der Waals surface area (Å²) >= 11 is 1.69. The van der Waals surface area contributed by atoms with Gasteiger partial charge in [-0.2, -0.15) is 0 Å². The Hall–Kier alpha value is -6.23. The van der Waals surface area contributed by atoms with E-state index in [0.717, 1.165) is 42.4 Å². The second kappa shape index (κ2) is 11.9. The molecule has 0 spiro atoms. The Morgan fingerprint density at radius 1 is 0.462 bits per heavy atom. The highest BCUT2D eigenvalue weighted by molar-refractivity contribution is 7.26. The number of rotatable bonds is 5. The fourth-order valence-electron chi connectivity index (χ4n) is 7.65. The highest BCUT2D eigenvalue weighted by Gasteiger charge is 2.35. The zero-order chi connectivity index (χ0) is 39.2. The Bertz CT molecular complexity index is 3090. The van der Waals surface area contributed by atoms with E-state index in [4.69, 9.17) is 21.8 Å². The molecule has 1 aliphatic carbocycles. The van der Waals surface area contributed by atoms with E-state index in [0.29, 0.717) is 28.6 Å². The molecule has 0 N–H and O–H groups in total. The van der Waals surface area contributed by atoms with Crippen molar-refractivity contribution in [2.24, 2.45) is 0 Å². The smallest absolute Gasteiger partial charge is 0.165 e. The summed E-state index contributed by atoms with van der Waals surface area (Å²) in [5.41, 5.74) is 10.0. The summed E-state index contributed by atoms with van der Waals surface area (Å²) in [5, 5.41) is 2.27. The monoisotopic (exact) mass is 688 g/mol. The van der Waals surface area contributed by atoms with Gasteiger partial charge in [0.15, 0.2) is 17.5 Å². The number of nitrogens with zero attached hydrogens (tertiary/aromatic N) is 3. The van der Waals surface area contributed by atoms with Crippen LogP contribution in [0.2, 0.25) is 0 Å². The maximum Gasteiger partial charge on any atom is 0.165 e. The molecule has 7 aromatic carbocycles. The third-order valence-electron chi connectivity index (χ3n) is 10.3. The number of hydrogen-bond acceptors (Lipinski definition) is 4. The van der Waals surface area contributed by atoms with Crippen LogP contribution in [0, 0.1) is 0 Å². The lowest BCUT2D eigenvalue weighted by Crippen LogP contribution is -2.14. The molecule has 3 nitrogen and oxygen atoms in total. The Labute approximate surface area is 314 Å². The van der Waals surface area contributed by atoms with Crippen LogP contribution in [-0.4, -0.2) is 15.0 Å². The maximum absolute atomic E-state index is 8.79. The first kappa shape index (κ1) is 25.7. The van der Waals surface area contributed by atoms with Gasteiger partial charge in [0, 0.05) is 42.3 Å². The molecule has 52 heavy (non-hydrogen) atoms. The van der Waals surface area contributed by atoms with E-state index in [2.05, 4.69) is 86.6 Å². The summed E-state index contributed by atoms with van der Waals surface area (Å²) in [6, 6.07) is 43.6. The minimum absolute atomic E-state index is 0.0942. The summed E-state index contributed by atoms with van der Waals surface area (Å²) in [6.07, 6.45) is 0. The van der Waals surface area contributed by atoms with E-state index in [-0.39, 0.29) is 23.1 Å². The third kappa shape index (κ3) is 4.90. The fourth-order valence-corrected chi connectivity index (χ4v) is 8.86. The molecular formula is C48H33N3S. The summed E-state index contributed by atoms with van der Waals surface area (Å²) in [5.74, 6) is 1.27. The van der Waals surface area contributed by atoms with Gasteiger partial charge in [0.05, 0.1) is 6.85 Å². The van der Waals surface area contributed by atoms with Gasteiger partial charge in [0.1, 0.15) is 0 Å². The summed E-state index contributed by atoms with van der Waals surface area (Å²) in [7, 11) is 0. The zero-order valence-corrected chi connectivity index (χ0v) is 29.3. The Kier molecular flexibility index (Phi) is 5.89. The molecule has 4 heteroatoms. The molecule has 0 saturated carbocycles. The molecule has 2 aromatic heterocycles. The van der Waals surface area contributed by atoms with E-state index in [1.54, 1.807) is 23.5 Å². The second-order valence-electron chi connectivity index (χ2n) is 13.6. The first-order valence-corrected chi connectivity index (χ1v) is 18.1. The summed E-state index contributed by atoms with van der Waals surface area (Å²) in [6.45, 7) is 4.57. The predicted molar refractivity (Wildman–Crippen MR) is 217 cm³/mol. The summed E-state index contributed by atoms with van der Waals surface area (Å²) < 4.78 is 44.8. The Balaban J connectivity index is 1.14. The van der Waals surface area contributed by atoms with Crippen molar-refractivity contribution in [3.63, 3.8) is 0 Å². The normalized spacial score (nSPS) is 14.3. The molecule has 0 atom stereocenters. The molecule has 0 unspecified atom stereocenters. The zero-order valence-electron chi connectivity index (χ0n) is 33.5. The van der Waals surface area contributed by atoms with Crippen LogP contribution in [0.25, 0.3) is 87.7 Å². The fraction of sp³-hybridized carbons (Fsp3) is 0.0625. The lowest BCUT2D eigenvalue weighted by atomic mass is 9.81. The summed E-state index contributed by atoms with van der Waals surface area (Å²) in [4.78, 5) is 15.3. The van der Waals surface area contributed by atoms with E-state index < -0.39 is 18.1 Å². The van der Waals surface area contributed by atoms with Crippen LogP contribution < -0.4 is 0 Å². The molecule has 0 aliphatic heterocycles. The van der Waals surface area contributed by atoms with E-state index in [9.17, 15) is 0 Å². The number of thiophene rings is 1. The molecule has 0 saturated heterocycles. The van der Waals surface area contributed by atoms with Crippen molar-refractivity contribution >= 4 is 31.5 Å². The van der Waals surface area contributed by atoms with Crippen LogP contribution >= 0.6 is 11.3 Å². The lowest BCUT2D eigenvalue weighted by molar-refractivity contribution is 0.660. The first-order chi connectivity index (χ1) is 27.6. The van der Waals surface area contributed by atoms with Gasteiger partial charge in [-0.15, -0.1) is 11.3 Å².